The van der Waals surface area contributed by atoms with Gasteiger partial charge in [0.15, 0.2) is 6.71 Å². The van der Waals surface area contributed by atoms with Gasteiger partial charge in [-0.05, 0) is 6.42 Å². The Bertz CT molecular complexity index is 152. The molecule has 3 heteroatoms. The summed E-state index contributed by atoms with van der Waals surface area (Å²) in [7, 11) is 4.74. The average molecular weight is 163 g/mol. The number of hydrogen-bond acceptors (Lipinski definition) is 0. The molecule has 0 aliphatic carbocycles. The molecule has 0 spiro atoms. The fourth-order valence-electron chi connectivity index (χ4n) is 1.31. The summed E-state index contributed by atoms with van der Waals surface area (Å²) < 4.78 is 0. The maximum absolute atomic E-state index is 3.70. The predicted molar refractivity (Wildman–Crippen MR) is 50.1 cm³/mol. The first-order valence-electron chi connectivity index (χ1n) is 3.90. The fraction of sp³-hybridized carbons (Fsp3) is 0.714. The molecule has 0 N–H and O–H groups in total. The minimum absolute atomic E-state index is 0.750. The maximum Gasteiger partial charge on any atom is 0.163 e. The van der Waals surface area contributed by atoms with E-state index in [0.717, 1.165) is 16.2 Å². The zero-order chi connectivity index (χ0) is 7.56. The third-order valence-electron chi connectivity index (χ3n) is 1.94. The summed E-state index contributed by atoms with van der Waals surface area (Å²) in [6.45, 7) is 5.32. The molecule has 51 valence electrons. The molecule has 0 aromatic rings. The molecular formula is C7H12BSi2. The lowest BCUT2D eigenvalue weighted by molar-refractivity contribution is 0.918. The van der Waals surface area contributed by atoms with Gasteiger partial charge in [-0.15, -0.1) is 10.3 Å². The largest absolute Gasteiger partial charge is 0.163 e. The van der Waals surface area contributed by atoms with Crippen LogP contribution in [0.15, 0.2) is 10.3 Å². The average Bonchev–Trinajstić information content (AvgIpc) is 1.88. The van der Waals surface area contributed by atoms with Gasteiger partial charge >= 0.3 is 0 Å². The van der Waals surface area contributed by atoms with Gasteiger partial charge in [0.1, 0.15) is 0 Å². The second kappa shape index (κ2) is 3.58. The van der Waals surface area contributed by atoms with E-state index in [0.29, 0.717) is 0 Å². The van der Waals surface area contributed by atoms with E-state index in [4.69, 9.17) is 0 Å². The van der Waals surface area contributed by atoms with E-state index in [1.807, 2.05) is 0 Å². The monoisotopic (exact) mass is 163 g/mol. The van der Waals surface area contributed by atoms with Crippen molar-refractivity contribution < 1.29 is 0 Å². The third-order valence-corrected chi connectivity index (χ3v) is 4.07. The van der Waals surface area contributed by atoms with Crippen molar-refractivity contribution >= 4 is 26.5 Å². The molecule has 0 aromatic carbocycles. The molecular weight excluding hydrogens is 151 g/mol. The molecule has 0 bridgehead atoms. The van der Waals surface area contributed by atoms with Crippen LogP contribution in [0.2, 0.25) is 19.7 Å². The zero-order valence-electron chi connectivity index (χ0n) is 6.70. The Labute approximate surface area is 69.8 Å². The van der Waals surface area contributed by atoms with Gasteiger partial charge in [0.25, 0.3) is 0 Å². The molecule has 0 amide bonds. The van der Waals surface area contributed by atoms with Crippen LogP contribution in [0.5, 0.6) is 0 Å². The van der Waals surface area contributed by atoms with Gasteiger partial charge in [-0.1, -0.05) is 26.1 Å². The van der Waals surface area contributed by atoms with Gasteiger partial charge in [-0.2, -0.15) is 0 Å². The van der Waals surface area contributed by atoms with Gasteiger partial charge in [-0.3, -0.25) is 0 Å². The van der Waals surface area contributed by atoms with Gasteiger partial charge in [0.2, 0.25) is 0 Å². The highest BCUT2D eigenvalue weighted by molar-refractivity contribution is 6.71. The molecule has 1 rings (SSSR count). The van der Waals surface area contributed by atoms with Crippen LogP contribution in [0.3, 0.4) is 0 Å². The van der Waals surface area contributed by atoms with Crippen LogP contribution >= 0.6 is 0 Å². The molecule has 1 heterocycles. The van der Waals surface area contributed by atoms with Crippen molar-refractivity contribution in [3.05, 3.63) is 10.3 Å². The van der Waals surface area contributed by atoms with Crippen molar-refractivity contribution in [2.24, 2.45) is 0 Å². The summed E-state index contributed by atoms with van der Waals surface area (Å²) in [6, 6.07) is 1.40. The number of rotatable bonds is 1. The fourth-order valence-corrected chi connectivity index (χ4v) is 3.34. The summed E-state index contributed by atoms with van der Waals surface area (Å²) in [6.07, 6.45) is 2.73. The van der Waals surface area contributed by atoms with Gasteiger partial charge < -0.3 is 0 Å². The first kappa shape index (κ1) is 8.34. The lowest BCUT2D eigenvalue weighted by atomic mass is 9.48. The van der Waals surface area contributed by atoms with Crippen molar-refractivity contribution in [1.82, 2.24) is 0 Å². The van der Waals surface area contributed by atoms with Gasteiger partial charge in [-0.25, -0.2) is 0 Å². The second-order valence-corrected chi connectivity index (χ2v) is 5.44. The highest BCUT2D eigenvalue weighted by Gasteiger charge is 2.13. The summed E-state index contributed by atoms with van der Waals surface area (Å²) in [4.78, 5) is 1.50. The van der Waals surface area contributed by atoms with Crippen LogP contribution in [0.25, 0.3) is 0 Å². The summed E-state index contributed by atoms with van der Waals surface area (Å²) in [5.41, 5.74) is 1.65. The van der Waals surface area contributed by atoms with E-state index in [1.165, 1.54) is 23.7 Å². The first-order valence-corrected chi connectivity index (χ1v) is 5.61. The molecule has 0 unspecified atom stereocenters. The Morgan fingerprint density at radius 3 is 2.60 bits per heavy atom. The van der Waals surface area contributed by atoms with E-state index in [9.17, 15) is 0 Å². The molecule has 1 aliphatic rings. The molecule has 1 aliphatic heterocycles. The predicted octanol–water partition coefficient (Wildman–Crippen LogP) is 1.58. The number of allylic oxidation sites excluding steroid dienone is 1. The Morgan fingerprint density at radius 1 is 1.50 bits per heavy atom. The molecule has 0 saturated heterocycles. The number of hydrogen-bond donors (Lipinski definition) is 0. The van der Waals surface area contributed by atoms with Crippen LogP contribution in [0.4, 0.5) is 0 Å². The molecule has 0 nitrogen and oxygen atoms in total. The van der Waals surface area contributed by atoms with Gasteiger partial charge in [0.05, 0.1) is 19.8 Å². The lowest BCUT2D eigenvalue weighted by Crippen LogP contribution is -2.16. The molecule has 0 fully saturated rings. The molecule has 0 atom stereocenters. The maximum atomic E-state index is 3.70. The van der Waals surface area contributed by atoms with Crippen LogP contribution in [0.1, 0.15) is 12.8 Å². The molecule has 5 radical (unpaired) electrons. The first-order chi connectivity index (χ1) is 4.72. The van der Waals surface area contributed by atoms with Crippen LogP contribution in [-0.2, 0) is 0 Å². The SMILES string of the molecule is CB(C)C1=C([Si])[Si]CCC1. The smallest absolute Gasteiger partial charge is 0.111 e. The van der Waals surface area contributed by atoms with Crippen molar-refractivity contribution in [1.29, 1.82) is 0 Å². The van der Waals surface area contributed by atoms with Crippen LogP contribution < -0.4 is 0 Å². The highest BCUT2D eigenvalue weighted by atomic mass is 28.2. The van der Waals surface area contributed by atoms with E-state index in [1.54, 1.807) is 5.47 Å². The Morgan fingerprint density at radius 2 is 2.20 bits per heavy atom. The molecule has 10 heavy (non-hydrogen) atoms. The third kappa shape index (κ3) is 1.86. The van der Waals surface area contributed by atoms with Crippen LogP contribution in [0, 0.1) is 0 Å². The van der Waals surface area contributed by atoms with Crippen molar-refractivity contribution in [2.45, 2.75) is 32.5 Å². The second-order valence-electron chi connectivity index (χ2n) is 3.09. The Kier molecular flexibility index (Phi) is 2.98. The van der Waals surface area contributed by atoms with Crippen molar-refractivity contribution in [3.63, 3.8) is 0 Å². The lowest BCUT2D eigenvalue weighted by Gasteiger charge is -2.18. The minimum atomic E-state index is 0.750. The standard InChI is InChI=1S/C7H12BSi2/c1-8(2)6-4-3-5-10-7(6)9/h3-5H2,1-2H3. The normalized spacial score (nSPS) is 19.5. The summed E-state index contributed by atoms with van der Waals surface area (Å²) in [5, 5.41) is 0. The Hall–Kier alpha value is 0.239. The summed E-state index contributed by atoms with van der Waals surface area (Å²) >= 11 is 0. The highest BCUT2D eigenvalue weighted by Crippen LogP contribution is 2.19. The van der Waals surface area contributed by atoms with Crippen LogP contribution in [-0.4, -0.2) is 26.5 Å². The minimum Gasteiger partial charge on any atom is -0.111 e. The van der Waals surface area contributed by atoms with E-state index < -0.39 is 0 Å². The Balaban J connectivity index is 2.68. The molecule has 0 saturated carbocycles. The van der Waals surface area contributed by atoms with E-state index >= 15 is 0 Å². The van der Waals surface area contributed by atoms with Gasteiger partial charge in [0, 0.05) is 0 Å². The summed E-state index contributed by atoms with van der Waals surface area (Å²) in [5.74, 6) is 0. The van der Waals surface area contributed by atoms with E-state index in [2.05, 4.69) is 23.9 Å². The van der Waals surface area contributed by atoms with E-state index in [-0.39, 0.29) is 0 Å². The van der Waals surface area contributed by atoms with Crippen molar-refractivity contribution in [3.8, 4) is 0 Å². The topological polar surface area (TPSA) is 0 Å². The molecule has 0 aromatic heterocycles. The van der Waals surface area contributed by atoms with Crippen molar-refractivity contribution in [2.75, 3.05) is 0 Å². The zero-order valence-corrected chi connectivity index (χ0v) is 8.70. The quantitative estimate of drug-likeness (QED) is 0.515.